The largest absolute Gasteiger partial charge is 0.493 e. The van der Waals surface area contributed by atoms with Crippen molar-refractivity contribution in [2.75, 3.05) is 5.32 Å². The van der Waals surface area contributed by atoms with Crippen LogP contribution in [0.25, 0.3) is 5.69 Å². The number of benzene rings is 3. The van der Waals surface area contributed by atoms with Gasteiger partial charge in [0.25, 0.3) is 0 Å². The molecule has 0 bridgehead atoms. The Morgan fingerprint density at radius 3 is 2.47 bits per heavy atom. The molecule has 0 aliphatic carbocycles. The Kier molecular flexibility index (Phi) is 8.41. The monoisotopic (exact) mass is 596 g/mol. The maximum Gasteiger partial charge on any atom is 0.416 e. The van der Waals surface area contributed by atoms with E-state index < -0.39 is 23.5 Å². The van der Waals surface area contributed by atoms with Gasteiger partial charge < -0.3 is 10.4 Å². The molecular formula is C25H17Cl2F3N4O2S2. The number of carbonyl (C=O) groups excluding carboxylic acids is 1. The standard InChI is InChI=1S/C25H17Cl2F3N4O2S2/c26-17-8-4-9-18(27)22(17)32-19-10-2-1-5-14(19)11-21(35)33-31-13-20-23(36)34(24(37)38-20)16-7-3-6-15(12-16)25(28,29)30/h1-10,12-13,32,36H,11H2,(H,33,35)/b31-13+. The Labute approximate surface area is 234 Å². The van der Waals surface area contributed by atoms with Gasteiger partial charge in [0.2, 0.25) is 11.8 Å². The van der Waals surface area contributed by atoms with Gasteiger partial charge in [-0.15, -0.1) is 0 Å². The number of carbonyl (C=O) groups is 1. The molecule has 196 valence electrons. The number of thiazole rings is 1. The van der Waals surface area contributed by atoms with Gasteiger partial charge >= 0.3 is 6.18 Å². The molecule has 1 heterocycles. The molecule has 4 rings (SSSR count). The quantitative estimate of drug-likeness (QED) is 0.116. The number of aromatic nitrogens is 1. The second kappa shape index (κ2) is 11.6. The van der Waals surface area contributed by atoms with Crippen molar-refractivity contribution in [1.82, 2.24) is 9.99 Å². The minimum Gasteiger partial charge on any atom is -0.493 e. The summed E-state index contributed by atoms with van der Waals surface area (Å²) in [5.41, 5.74) is 3.31. The second-order valence-corrected chi connectivity index (χ2v) is 10.3. The SMILES string of the molecule is O=C(Cc1ccccc1Nc1c(Cl)cccc1Cl)N/N=C/c1sc(=S)n(-c2cccc(C(F)(F)F)c2)c1O. The minimum absolute atomic E-state index is 0.0461. The third-order valence-electron chi connectivity index (χ3n) is 5.21. The van der Waals surface area contributed by atoms with Gasteiger partial charge in [-0.1, -0.05) is 64.9 Å². The number of aromatic hydroxyl groups is 1. The summed E-state index contributed by atoms with van der Waals surface area (Å²) in [5, 5.41) is 18.4. The topological polar surface area (TPSA) is 78.7 Å². The van der Waals surface area contributed by atoms with Gasteiger partial charge in [0.1, 0.15) is 4.88 Å². The molecule has 0 saturated carbocycles. The Hall–Kier alpha value is -3.38. The zero-order valence-corrected chi connectivity index (χ0v) is 22.2. The predicted octanol–water partition coefficient (Wildman–Crippen LogP) is 7.74. The van der Waals surface area contributed by atoms with Crippen molar-refractivity contribution in [3.8, 4) is 11.6 Å². The fraction of sp³-hybridized carbons (Fsp3) is 0.0800. The first-order valence-corrected chi connectivity index (χ1v) is 12.8. The molecule has 1 amide bonds. The van der Waals surface area contributed by atoms with Crippen molar-refractivity contribution in [2.45, 2.75) is 12.6 Å². The lowest BCUT2D eigenvalue weighted by Gasteiger charge is -2.14. The van der Waals surface area contributed by atoms with Crippen molar-refractivity contribution >= 4 is 70.3 Å². The number of para-hydroxylation sites is 2. The third kappa shape index (κ3) is 6.36. The summed E-state index contributed by atoms with van der Waals surface area (Å²) in [6, 6.07) is 16.6. The third-order valence-corrected chi connectivity index (χ3v) is 7.13. The number of nitrogens with one attached hydrogen (secondary N) is 2. The highest BCUT2D eigenvalue weighted by Gasteiger charge is 2.30. The summed E-state index contributed by atoms with van der Waals surface area (Å²) < 4.78 is 40.5. The number of hydrogen-bond donors (Lipinski definition) is 3. The normalized spacial score (nSPS) is 11.6. The van der Waals surface area contributed by atoms with E-state index in [1.807, 2.05) is 0 Å². The van der Waals surface area contributed by atoms with Crippen molar-refractivity contribution in [3.63, 3.8) is 0 Å². The number of alkyl halides is 3. The van der Waals surface area contributed by atoms with Crippen LogP contribution in [-0.2, 0) is 17.4 Å². The summed E-state index contributed by atoms with van der Waals surface area (Å²) in [6.07, 6.45) is -3.42. The average Bonchev–Trinajstić information content (AvgIpc) is 3.14. The van der Waals surface area contributed by atoms with Crippen molar-refractivity contribution in [3.05, 3.63) is 96.7 Å². The highest BCUT2D eigenvalue weighted by molar-refractivity contribution is 7.73. The maximum absolute atomic E-state index is 13.1. The highest BCUT2D eigenvalue weighted by atomic mass is 35.5. The Balaban J connectivity index is 1.47. The molecule has 1 aromatic heterocycles. The van der Waals surface area contributed by atoms with Crippen LogP contribution in [0.4, 0.5) is 24.5 Å². The van der Waals surface area contributed by atoms with Crippen LogP contribution >= 0.6 is 46.8 Å². The molecule has 0 radical (unpaired) electrons. The van der Waals surface area contributed by atoms with E-state index in [9.17, 15) is 23.1 Å². The van der Waals surface area contributed by atoms with Crippen LogP contribution in [-0.4, -0.2) is 21.8 Å². The molecular weight excluding hydrogens is 580 g/mol. The molecule has 3 N–H and O–H groups in total. The number of hydrazone groups is 1. The lowest BCUT2D eigenvalue weighted by atomic mass is 10.1. The van der Waals surface area contributed by atoms with Gasteiger partial charge in [-0.2, -0.15) is 18.3 Å². The van der Waals surface area contributed by atoms with Crippen LogP contribution < -0.4 is 10.7 Å². The van der Waals surface area contributed by atoms with Crippen molar-refractivity contribution in [2.24, 2.45) is 5.10 Å². The van der Waals surface area contributed by atoms with Gasteiger partial charge in [0.05, 0.1) is 39.6 Å². The summed E-state index contributed by atoms with van der Waals surface area (Å²) in [6.45, 7) is 0. The number of amides is 1. The molecule has 0 unspecified atom stereocenters. The summed E-state index contributed by atoms with van der Waals surface area (Å²) >= 11 is 18.6. The maximum atomic E-state index is 13.1. The molecule has 13 heteroatoms. The Bertz CT molecular complexity index is 1570. The molecule has 0 fully saturated rings. The minimum atomic E-state index is -4.55. The van der Waals surface area contributed by atoms with E-state index in [0.717, 1.165) is 28.0 Å². The van der Waals surface area contributed by atoms with Crippen molar-refractivity contribution in [1.29, 1.82) is 0 Å². The van der Waals surface area contributed by atoms with Crippen LogP contribution in [0, 0.1) is 3.95 Å². The average molecular weight is 597 g/mol. The molecule has 0 aliphatic heterocycles. The first-order valence-electron chi connectivity index (χ1n) is 10.8. The fourth-order valence-electron chi connectivity index (χ4n) is 3.44. The van der Waals surface area contributed by atoms with E-state index >= 15 is 0 Å². The molecule has 0 atom stereocenters. The summed E-state index contributed by atoms with van der Waals surface area (Å²) in [5.74, 6) is -0.857. The summed E-state index contributed by atoms with van der Waals surface area (Å²) in [4.78, 5) is 12.7. The van der Waals surface area contributed by atoms with E-state index in [2.05, 4.69) is 15.8 Å². The number of nitrogens with zero attached hydrogens (tertiary/aromatic N) is 2. The zero-order chi connectivity index (χ0) is 27.4. The van der Waals surface area contributed by atoms with Crippen LogP contribution in [0.1, 0.15) is 16.0 Å². The number of halogens is 5. The lowest BCUT2D eigenvalue weighted by molar-refractivity contribution is -0.137. The summed E-state index contributed by atoms with van der Waals surface area (Å²) in [7, 11) is 0. The molecule has 6 nitrogen and oxygen atoms in total. The highest BCUT2D eigenvalue weighted by Crippen LogP contribution is 2.35. The Morgan fingerprint density at radius 1 is 1.08 bits per heavy atom. The first kappa shape index (κ1) is 27.6. The molecule has 0 saturated heterocycles. The van der Waals surface area contributed by atoms with Crippen LogP contribution in [0.5, 0.6) is 5.88 Å². The van der Waals surface area contributed by atoms with E-state index in [0.29, 0.717) is 27.0 Å². The van der Waals surface area contributed by atoms with Gasteiger partial charge in [-0.25, -0.2) is 5.43 Å². The lowest BCUT2D eigenvalue weighted by Crippen LogP contribution is -2.20. The number of hydrogen-bond acceptors (Lipinski definition) is 6. The van der Waals surface area contributed by atoms with Crippen molar-refractivity contribution < 1.29 is 23.1 Å². The van der Waals surface area contributed by atoms with Gasteiger partial charge in [-0.05, 0) is 54.2 Å². The number of rotatable bonds is 7. The smallest absolute Gasteiger partial charge is 0.416 e. The molecule has 0 aliphatic rings. The fourth-order valence-corrected chi connectivity index (χ4v) is 5.15. The van der Waals surface area contributed by atoms with E-state index in [1.54, 1.807) is 42.5 Å². The van der Waals surface area contributed by atoms with Crippen LogP contribution in [0.3, 0.4) is 0 Å². The molecule has 0 spiro atoms. The predicted molar refractivity (Wildman–Crippen MR) is 147 cm³/mol. The first-order chi connectivity index (χ1) is 18.0. The molecule has 3 aromatic carbocycles. The van der Waals surface area contributed by atoms with E-state index in [1.165, 1.54) is 18.3 Å². The second-order valence-electron chi connectivity index (χ2n) is 7.79. The number of anilines is 2. The van der Waals surface area contributed by atoms with Crippen LogP contribution in [0.15, 0.2) is 71.8 Å². The van der Waals surface area contributed by atoms with Gasteiger partial charge in [0, 0.05) is 5.69 Å². The van der Waals surface area contributed by atoms with E-state index in [4.69, 9.17) is 35.4 Å². The Morgan fingerprint density at radius 2 is 1.76 bits per heavy atom. The van der Waals surface area contributed by atoms with Crippen LogP contribution in [0.2, 0.25) is 10.0 Å². The van der Waals surface area contributed by atoms with E-state index in [-0.39, 0.29) is 20.9 Å². The zero-order valence-electron chi connectivity index (χ0n) is 19.1. The molecule has 4 aromatic rings. The molecule has 38 heavy (non-hydrogen) atoms. The van der Waals surface area contributed by atoms with Gasteiger partial charge in [0.15, 0.2) is 3.95 Å². The van der Waals surface area contributed by atoms with Gasteiger partial charge in [-0.3, -0.25) is 9.36 Å².